The number of carbonyl (C=O) groups is 2. The third kappa shape index (κ3) is 2.20. The van der Waals surface area contributed by atoms with Crippen molar-refractivity contribution in [1.29, 1.82) is 0 Å². The van der Waals surface area contributed by atoms with E-state index >= 15 is 0 Å². The molecule has 94 valence electrons. The molecule has 1 aliphatic heterocycles. The van der Waals surface area contributed by atoms with E-state index in [9.17, 15) is 9.59 Å². The number of hydrogen-bond donors (Lipinski definition) is 1. The molecule has 0 aromatic rings. The summed E-state index contributed by atoms with van der Waals surface area (Å²) in [4.78, 5) is 26.1. The maximum Gasteiger partial charge on any atom is 0.233 e. The van der Waals surface area contributed by atoms with Gasteiger partial charge < -0.3 is 5.73 Å². The van der Waals surface area contributed by atoms with Gasteiger partial charge in [-0.05, 0) is 19.8 Å². The maximum absolute atomic E-state index is 12.2. The Morgan fingerprint density at radius 1 is 1.35 bits per heavy atom. The highest BCUT2D eigenvalue weighted by Gasteiger charge is 2.49. The van der Waals surface area contributed by atoms with Gasteiger partial charge in [-0.1, -0.05) is 25.1 Å². The van der Waals surface area contributed by atoms with Crippen molar-refractivity contribution in [3.05, 3.63) is 0 Å². The first-order valence-electron chi connectivity index (χ1n) is 6.17. The van der Waals surface area contributed by atoms with Crippen LogP contribution in [0, 0.1) is 11.8 Å². The van der Waals surface area contributed by atoms with Crippen molar-refractivity contribution in [3.8, 4) is 0 Å². The number of imide groups is 1. The van der Waals surface area contributed by atoms with Crippen LogP contribution < -0.4 is 5.73 Å². The van der Waals surface area contributed by atoms with Gasteiger partial charge in [-0.2, -0.15) is 0 Å². The SMILES string of the molecule is CC(CC(N)=S)N1C(=O)C2CCCCC2C1=O. The lowest BCUT2D eigenvalue weighted by molar-refractivity contribution is -0.142. The molecule has 0 spiro atoms. The summed E-state index contributed by atoms with van der Waals surface area (Å²) in [5, 5.41) is 0. The molecule has 1 saturated heterocycles. The fraction of sp³-hybridized carbons (Fsp3) is 0.750. The van der Waals surface area contributed by atoms with E-state index in [0.29, 0.717) is 11.4 Å². The van der Waals surface area contributed by atoms with Gasteiger partial charge in [-0.3, -0.25) is 14.5 Å². The highest BCUT2D eigenvalue weighted by molar-refractivity contribution is 7.80. The first-order chi connectivity index (χ1) is 8.02. The minimum atomic E-state index is -0.196. The van der Waals surface area contributed by atoms with Gasteiger partial charge in [0.2, 0.25) is 11.8 Å². The van der Waals surface area contributed by atoms with Gasteiger partial charge in [0.25, 0.3) is 0 Å². The molecular formula is C12H18N2O2S. The predicted octanol–water partition coefficient (Wildman–Crippen LogP) is 1.23. The summed E-state index contributed by atoms with van der Waals surface area (Å²) in [5.74, 6) is -0.179. The molecule has 2 rings (SSSR count). The van der Waals surface area contributed by atoms with E-state index in [2.05, 4.69) is 0 Å². The molecule has 17 heavy (non-hydrogen) atoms. The number of amides is 2. The molecule has 0 radical (unpaired) electrons. The third-order valence-electron chi connectivity index (χ3n) is 3.81. The van der Waals surface area contributed by atoms with Crippen molar-refractivity contribution in [2.24, 2.45) is 17.6 Å². The van der Waals surface area contributed by atoms with Crippen LogP contribution in [0.25, 0.3) is 0 Å². The van der Waals surface area contributed by atoms with Crippen molar-refractivity contribution in [3.63, 3.8) is 0 Å². The number of nitrogens with zero attached hydrogens (tertiary/aromatic N) is 1. The molecule has 0 bridgehead atoms. The molecule has 2 aliphatic rings. The summed E-state index contributed by atoms with van der Waals surface area (Å²) in [6.45, 7) is 1.84. The van der Waals surface area contributed by atoms with Gasteiger partial charge in [-0.25, -0.2) is 0 Å². The Kier molecular flexibility index (Phi) is 3.47. The van der Waals surface area contributed by atoms with Crippen LogP contribution in [0.2, 0.25) is 0 Å². The van der Waals surface area contributed by atoms with Crippen molar-refractivity contribution < 1.29 is 9.59 Å². The van der Waals surface area contributed by atoms with Crippen LogP contribution in [0.3, 0.4) is 0 Å². The van der Waals surface area contributed by atoms with Gasteiger partial charge in [-0.15, -0.1) is 0 Å². The Bertz CT molecular complexity index is 346. The Morgan fingerprint density at radius 2 is 1.82 bits per heavy atom. The molecule has 1 heterocycles. The lowest BCUT2D eigenvalue weighted by Crippen LogP contribution is -2.40. The van der Waals surface area contributed by atoms with Crippen molar-refractivity contribution in [2.75, 3.05) is 0 Å². The number of nitrogens with two attached hydrogens (primary N) is 1. The molecule has 4 nitrogen and oxygen atoms in total. The Labute approximate surface area is 107 Å². The van der Waals surface area contributed by atoms with E-state index in [-0.39, 0.29) is 29.7 Å². The second kappa shape index (κ2) is 4.72. The summed E-state index contributed by atoms with van der Waals surface area (Å²) in [6.07, 6.45) is 4.23. The molecule has 5 heteroatoms. The van der Waals surface area contributed by atoms with Crippen LogP contribution in [0.1, 0.15) is 39.0 Å². The van der Waals surface area contributed by atoms with Crippen molar-refractivity contribution >= 4 is 29.0 Å². The summed E-state index contributed by atoms with van der Waals surface area (Å²) < 4.78 is 0. The summed E-state index contributed by atoms with van der Waals surface area (Å²) in [5.41, 5.74) is 5.48. The maximum atomic E-state index is 12.2. The highest BCUT2D eigenvalue weighted by Crippen LogP contribution is 2.39. The van der Waals surface area contributed by atoms with Gasteiger partial charge in [0.05, 0.1) is 16.8 Å². The highest BCUT2D eigenvalue weighted by atomic mass is 32.1. The first-order valence-corrected chi connectivity index (χ1v) is 6.58. The van der Waals surface area contributed by atoms with Gasteiger partial charge >= 0.3 is 0 Å². The Morgan fingerprint density at radius 3 is 2.24 bits per heavy atom. The largest absolute Gasteiger partial charge is 0.393 e. The van der Waals surface area contributed by atoms with Gasteiger partial charge in [0, 0.05) is 12.5 Å². The average Bonchev–Trinajstić information content (AvgIpc) is 2.51. The van der Waals surface area contributed by atoms with Crippen LogP contribution >= 0.6 is 12.2 Å². The normalized spacial score (nSPS) is 30.3. The lowest BCUT2D eigenvalue weighted by atomic mass is 9.81. The van der Waals surface area contributed by atoms with E-state index in [0.717, 1.165) is 25.7 Å². The zero-order chi connectivity index (χ0) is 12.6. The number of thiocarbonyl (C=S) groups is 1. The quantitative estimate of drug-likeness (QED) is 0.607. The zero-order valence-corrected chi connectivity index (χ0v) is 10.8. The van der Waals surface area contributed by atoms with E-state index in [1.807, 2.05) is 6.92 Å². The Hall–Kier alpha value is -0.970. The van der Waals surface area contributed by atoms with Crippen molar-refractivity contribution in [2.45, 2.75) is 45.1 Å². The molecule has 3 atom stereocenters. The molecule has 2 amide bonds. The average molecular weight is 254 g/mol. The summed E-state index contributed by atoms with van der Waals surface area (Å²) in [7, 11) is 0. The number of hydrogen-bond acceptors (Lipinski definition) is 3. The van der Waals surface area contributed by atoms with Crippen LogP contribution in [-0.2, 0) is 9.59 Å². The molecule has 0 aromatic carbocycles. The smallest absolute Gasteiger partial charge is 0.233 e. The molecule has 3 unspecified atom stereocenters. The number of carbonyl (C=O) groups excluding carboxylic acids is 2. The third-order valence-corrected chi connectivity index (χ3v) is 3.98. The van der Waals surface area contributed by atoms with E-state index in [4.69, 9.17) is 18.0 Å². The minimum Gasteiger partial charge on any atom is -0.393 e. The summed E-state index contributed by atoms with van der Waals surface area (Å²) >= 11 is 4.84. The molecule has 0 aromatic heterocycles. The minimum absolute atomic E-state index is 0.0107. The monoisotopic (exact) mass is 254 g/mol. The van der Waals surface area contributed by atoms with Crippen LogP contribution in [0.15, 0.2) is 0 Å². The van der Waals surface area contributed by atoms with E-state index < -0.39 is 0 Å². The Balaban J connectivity index is 2.15. The number of fused-ring (bicyclic) bond motifs is 1. The second-order valence-corrected chi connectivity index (χ2v) is 5.59. The molecular weight excluding hydrogens is 236 g/mol. The van der Waals surface area contributed by atoms with Crippen LogP contribution in [-0.4, -0.2) is 27.7 Å². The van der Waals surface area contributed by atoms with Crippen LogP contribution in [0.4, 0.5) is 0 Å². The molecule has 2 fully saturated rings. The first kappa shape index (κ1) is 12.5. The number of likely N-dealkylation sites (tertiary alicyclic amines) is 1. The van der Waals surface area contributed by atoms with Crippen molar-refractivity contribution in [1.82, 2.24) is 4.90 Å². The number of rotatable bonds is 3. The fourth-order valence-electron chi connectivity index (χ4n) is 3.00. The topological polar surface area (TPSA) is 63.4 Å². The zero-order valence-electron chi connectivity index (χ0n) is 10.0. The second-order valence-electron chi connectivity index (χ2n) is 5.06. The van der Waals surface area contributed by atoms with Gasteiger partial charge in [0.1, 0.15) is 0 Å². The standard InChI is InChI=1S/C12H18N2O2S/c1-7(6-10(13)17)14-11(15)8-4-2-3-5-9(8)12(14)16/h7-9H,2-6H2,1H3,(H2,13,17). The predicted molar refractivity (Wildman–Crippen MR) is 68.2 cm³/mol. The molecule has 2 N–H and O–H groups in total. The summed E-state index contributed by atoms with van der Waals surface area (Å²) in [6, 6.07) is -0.196. The van der Waals surface area contributed by atoms with Crippen LogP contribution in [0.5, 0.6) is 0 Å². The van der Waals surface area contributed by atoms with E-state index in [1.165, 1.54) is 4.90 Å². The molecule has 1 saturated carbocycles. The van der Waals surface area contributed by atoms with E-state index in [1.54, 1.807) is 0 Å². The fourth-order valence-corrected chi connectivity index (χ4v) is 3.25. The molecule has 1 aliphatic carbocycles. The lowest BCUT2D eigenvalue weighted by Gasteiger charge is -2.22. The van der Waals surface area contributed by atoms with Gasteiger partial charge in [0.15, 0.2) is 0 Å².